The monoisotopic (exact) mass is 465 g/mol. The van der Waals surface area contributed by atoms with Crippen LogP contribution in [0.15, 0.2) is 84.6 Å². The summed E-state index contributed by atoms with van der Waals surface area (Å²) in [5, 5.41) is 12.4. The normalized spacial score (nSPS) is 19.2. The van der Waals surface area contributed by atoms with Gasteiger partial charge in [-0.15, -0.1) is 0 Å². The highest BCUT2D eigenvalue weighted by Gasteiger charge is 2.47. The van der Waals surface area contributed by atoms with Crippen LogP contribution in [0.3, 0.4) is 0 Å². The molecule has 1 atom stereocenters. The fourth-order valence-corrected chi connectivity index (χ4v) is 4.96. The topological polar surface area (TPSA) is 85.9 Å². The fraction of sp³-hybridized carbons (Fsp3) is 0.143. The molecule has 7 heteroatoms. The summed E-state index contributed by atoms with van der Waals surface area (Å²) in [4.78, 5) is 33.6. The van der Waals surface area contributed by atoms with Crippen LogP contribution in [0.2, 0.25) is 0 Å². The van der Waals surface area contributed by atoms with Gasteiger partial charge in [-0.3, -0.25) is 14.5 Å². The SMILES string of the molecule is CN1CCOc2ccc(/C(O)=C3\C(=O)C(=O)N(c4ccccc4)C3c3c[nH]c4ccccc34)cc21. The number of aromatic nitrogens is 1. The molecule has 0 spiro atoms. The first-order valence-electron chi connectivity index (χ1n) is 11.4. The van der Waals surface area contributed by atoms with E-state index in [2.05, 4.69) is 4.98 Å². The van der Waals surface area contributed by atoms with E-state index in [-0.39, 0.29) is 11.3 Å². The van der Waals surface area contributed by atoms with Crippen molar-refractivity contribution in [3.8, 4) is 5.75 Å². The Morgan fingerprint density at radius 2 is 1.80 bits per heavy atom. The molecule has 2 aliphatic heterocycles. The second-order valence-electron chi connectivity index (χ2n) is 8.75. The van der Waals surface area contributed by atoms with Gasteiger partial charge in [-0.05, 0) is 36.4 Å². The number of amides is 1. The van der Waals surface area contributed by atoms with Crippen LogP contribution < -0.4 is 14.5 Å². The van der Waals surface area contributed by atoms with Gasteiger partial charge >= 0.3 is 0 Å². The molecular weight excluding hydrogens is 442 g/mol. The van der Waals surface area contributed by atoms with Crippen molar-refractivity contribution in [2.75, 3.05) is 30.0 Å². The number of carbonyl (C=O) groups excluding carboxylic acids is 2. The van der Waals surface area contributed by atoms with E-state index in [1.807, 2.05) is 54.4 Å². The molecule has 1 unspecified atom stereocenters. The number of aliphatic hydroxyl groups is 1. The Hall–Kier alpha value is -4.52. The van der Waals surface area contributed by atoms with Crippen LogP contribution in [-0.4, -0.2) is 42.0 Å². The molecule has 2 aliphatic rings. The molecule has 0 bridgehead atoms. The summed E-state index contributed by atoms with van der Waals surface area (Å²) in [5.74, 6) is -0.887. The molecule has 1 saturated heterocycles. The zero-order valence-electron chi connectivity index (χ0n) is 19.1. The number of H-pyrrole nitrogens is 1. The van der Waals surface area contributed by atoms with Crippen LogP contribution in [-0.2, 0) is 9.59 Å². The molecule has 0 saturated carbocycles. The molecule has 1 fully saturated rings. The standard InChI is InChI=1S/C28H23N3O4/c1-30-13-14-35-23-12-11-17(15-22(23)30)26(32)24-25(20-16-29-21-10-6-5-9-19(20)21)31(28(34)27(24)33)18-7-3-2-4-8-18/h2-12,15-16,25,29,32H,13-14H2,1H3/b26-24+. The lowest BCUT2D eigenvalue weighted by molar-refractivity contribution is -0.132. The van der Waals surface area contributed by atoms with Crippen molar-refractivity contribution in [2.45, 2.75) is 6.04 Å². The number of ether oxygens (including phenoxy) is 1. The smallest absolute Gasteiger partial charge is 0.300 e. The highest BCUT2D eigenvalue weighted by atomic mass is 16.5. The van der Waals surface area contributed by atoms with Crippen molar-refractivity contribution in [1.29, 1.82) is 0 Å². The lowest BCUT2D eigenvalue weighted by atomic mass is 9.94. The molecule has 0 aliphatic carbocycles. The summed E-state index contributed by atoms with van der Waals surface area (Å²) in [6, 6.07) is 21.3. The van der Waals surface area contributed by atoms with E-state index in [0.717, 1.165) is 22.2 Å². The third kappa shape index (κ3) is 3.27. The molecule has 7 nitrogen and oxygen atoms in total. The van der Waals surface area contributed by atoms with E-state index in [9.17, 15) is 14.7 Å². The lowest BCUT2D eigenvalue weighted by Crippen LogP contribution is -2.29. The molecule has 4 aromatic rings. The lowest BCUT2D eigenvalue weighted by Gasteiger charge is -2.28. The Labute approximate surface area is 201 Å². The molecule has 174 valence electrons. The summed E-state index contributed by atoms with van der Waals surface area (Å²) in [6.45, 7) is 1.29. The van der Waals surface area contributed by atoms with E-state index >= 15 is 0 Å². The number of rotatable bonds is 3. The maximum absolute atomic E-state index is 13.4. The van der Waals surface area contributed by atoms with Crippen molar-refractivity contribution in [3.63, 3.8) is 0 Å². The molecule has 0 radical (unpaired) electrons. The predicted molar refractivity (Wildman–Crippen MR) is 135 cm³/mol. The van der Waals surface area contributed by atoms with Gasteiger partial charge in [0.15, 0.2) is 0 Å². The molecule has 35 heavy (non-hydrogen) atoms. The number of nitrogens with one attached hydrogen (secondary N) is 1. The van der Waals surface area contributed by atoms with Crippen LogP contribution in [0, 0.1) is 0 Å². The minimum atomic E-state index is -0.793. The zero-order chi connectivity index (χ0) is 24.1. The Morgan fingerprint density at radius 1 is 1.03 bits per heavy atom. The van der Waals surface area contributed by atoms with Gasteiger partial charge in [0.05, 0.1) is 23.8 Å². The number of hydrogen-bond acceptors (Lipinski definition) is 5. The second kappa shape index (κ2) is 8.06. The Bertz CT molecular complexity index is 1510. The first-order valence-corrected chi connectivity index (χ1v) is 11.4. The minimum Gasteiger partial charge on any atom is -0.507 e. The summed E-state index contributed by atoms with van der Waals surface area (Å²) in [5.41, 5.74) is 3.54. The van der Waals surface area contributed by atoms with Crippen molar-refractivity contribution in [3.05, 3.63) is 95.7 Å². The van der Waals surface area contributed by atoms with Crippen LogP contribution in [0.1, 0.15) is 17.2 Å². The van der Waals surface area contributed by atoms with Gasteiger partial charge in [-0.25, -0.2) is 0 Å². The number of aliphatic hydroxyl groups excluding tert-OH is 1. The maximum Gasteiger partial charge on any atom is 0.300 e. The number of nitrogens with zero attached hydrogens (tertiary/aromatic N) is 2. The van der Waals surface area contributed by atoms with Crippen LogP contribution in [0.5, 0.6) is 5.75 Å². The highest BCUT2D eigenvalue weighted by molar-refractivity contribution is 6.51. The van der Waals surface area contributed by atoms with E-state index in [0.29, 0.717) is 30.2 Å². The highest BCUT2D eigenvalue weighted by Crippen LogP contribution is 2.45. The van der Waals surface area contributed by atoms with Crippen LogP contribution >= 0.6 is 0 Å². The first-order chi connectivity index (χ1) is 17.0. The van der Waals surface area contributed by atoms with Crippen molar-refractivity contribution in [1.82, 2.24) is 4.98 Å². The third-order valence-corrected chi connectivity index (χ3v) is 6.72. The largest absolute Gasteiger partial charge is 0.507 e. The van der Waals surface area contributed by atoms with E-state index in [1.165, 1.54) is 4.90 Å². The fourth-order valence-electron chi connectivity index (χ4n) is 4.96. The number of fused-ring (bicyclic) bond motifs is 2. The van der Waals surface area contributed by atoms with E-state index in [4.69, 9.17) is 4.74 Å². The van der Waals surface area contributed by atoms with Gasteiger partial charge in [0.2, 0.25) is 0 Å². The molecular formula is C28H23N3O4. The Balaban J connectivity index is 1.58. The summed E-state index contributed by atoms with van der Waals surface area (Å²) in [7, 11) is 1.95. The van der Waals surface area contributed by atoms with Gasteiger partial charge in [-0.1, -0.05) is 36.4 Å². The van der Waals surface area contributed by atoms with Crippen molar-refractivity contribution in [2.24, 2.45) is 0 Å². The molecule has 3 heterocycles. The number of Topliss-reactive ketones (excluding diaryl/α,β-unsaturated/α-hetero) is 1. The Kier molecular flexibility index (Phi) is 4.84. The molecule has 3 aromatic carbocycles. The van der Waals surface area contributed by atoms with Gasteiger partial charge in [0.25, 0.3) is 11.7 Å². The zero-order valence-corrected chi connectivity index (χ0v) is 19.1. The number of hydrogen-bond donors (Lipinski definition) is 2. The van der Waals surface area contributed by atoms with Crippen molar-refractivity contribution >= 4 is 39.7 Å². The minimum absolute atomic E-state index is 0.0583. The van der Waals surface area contributed by atoms with E-state index < -0.39 is 17.7 Å². The molecule has 1 amide bonds. The van der Waals surface area contributed by atoms with Gasteiger partial charge in [-0.2, -0.15) is 0 Å². The van der Waals surface area contributed by atoms with Gasteiger partial charge in [0.1, 0.15) is 18.1 Å². The van der Waals surface area contributed by atoms with Gasteiger partial charge in [0, 0.05) is 41.0 Å². The molecule has 2 N–H and O–H groups in total. The van der Waals surface area contributed by atoms with Crippen LogP contribution in [0.25, 0.3) is 16.7 Å². The number of aromatic amines is 1. The summed E-state index contributed by atoms with van der Waals surface area (Å²) in [6.07, 6.45) is 1.80. The predicted octanol–water partition coefficient (Wildman–Crippen LogP) is 4.62. The number of carbonyl (C=O) groups is 2. The van der Waals surface area contributed by atoms with E-state index in [1.54, 1.807) is 36.5 Å². The van der Waals surface area contributed by atoms with Crippen molar-refractivity contribution < 1.29 is 19.4 Å². The number of anilines is 2. The second-order valence-corrected chi connectivity index (χ2v) is 8.75. The van der Waals surface area contributed by atoms with Crippen LogP contribution in [0.4, 0.5) is 11.4 Å². The summed E-state index contributed by atoms with van der Waals surface area (Å²) < 4.78 is 5.72. The third-order valence-electron chi connectivity index (χ3n) is 6.72. The maximum atomic E-state index is 13.4. The average Bonchev–Trinajstić information content (AvgIpc) is 3.42. The average molecular weight is 466 g/mol. The van der Waals surface area contributed by atoms with Gasteiger partial charge < -0.3 is 19.7 Å². The summed E-state index contributed by atoms with van der Waals surface area (Å²) >= 11 is 0. The first kappa shape index (κ1) is 21.0. The quantitative estimate of drug-likeness (QED) is 0.262. The Morgan fingerprint density at radius 3 is 2.63 bits per heavy atom. The number of likely N-dealkylation sites (N-methyl/N-ethyl adjacent to an activating group) is 1. The molecule has 1 aromatic heterocycles. The number of para-hydroxylation sites is 2. The molecule has 6 rings (SSSR count). The number of ketones is 1. The number of benzene rings is 3.